The van der Waals surface area contributed by atoms with Crippen molar-refractivity contribution in [2.24, 2.45) is 5.73 Å². The number of rotatable bonds is 8. The van der Waals surface area contributed by atoms with E-state index >= 15 is 0 Å². The van der Waals surface area contributed by atoms with Gasteiger partial charge in [-0.1, -0.05) is 30.2 Å². The van der Waals surface area contributed by atoms with Crippen LogP contribution in [0.25, 0.3) is 22.6 Å². The summed E-state index contributed by atoms with van der Waals surface area (Å²) in [6, 6.07) is 11.5. The second-order valence-corrected chi connectivity index (χ2v) is 7.48. The van der Waals surface area contributed by atoms with Crippen LogP contribution in [0.5, 0.6) is 5.75 Å². The molecule has 7 nitrogen and oxygen atoms in total. The van der Waals surface area contributed by atoms with Crippen molar-refractivity contribution in [2.75, 3.05) is 0 Å². The van der Waals surface area contributed by atoms with Crippen LogP contribution in [0.1, 0.15) is 46.7 Å². The Labute approximate surface area is 174 Å². The lowest BCUT2D eigenvalue weighted by Gasteiger charge is -2.03. The van der Waals surface area contributed by atoms with Crippen molar-refractivity contribution in [3.63, 3.8) is 0 Å². The van der Waals surface area contributed by atoms with Gasteiger partial charge in [0.1, 0.15) is 17.3 Å². The number of H-pyrrole nitrogens is 1. The van der Waals surface area contributed by atoms with E-state index in [1.165, 1.54) is 11.8 Å². The number of aromatic nitrogens is 3. The van der Waals surface area contributed by atoms with Crippen molar-refractivity contribution in [3.8, 4) is 17.2 Å². The first kappa shape index (κ1) is 19.7. The molecule has 154 valence electrons. The zero-order valence-electron chi connectivity index (χ0n) is 16.8. The first-order valence-electron chi connectivity index (χ1n) is 10.0. The molecule has 0 unspecified atom stereocenters. The Balaban J connectivity index is 1.40. The van der Waals surface area contributed by atoms with Crippen molar-refractivity contribution in [2.45, 2.75) is 39.0 Å². The highest BCUT2D eigenvalue weighted by atomic mass is 16.4. The molecule has 2 aromatic heterocycles. The van der Waals surface area contributed by atoms with Crippen LogP contribution in [0.3, 0.4) is 0 Å². The molecule has 2 aromatic carbocycles. The van der Waals surface area contributed by atoms with E-state index in [1.54, 1.807) is 6.07 Å². The topological polar surface area (TPSA) is 118 Å². The number of aryl methyl sites for hydroxylation is 3. The molecule has 2 heterocycles. The van der Waals surface area contributed by atoms with Gasteiger partial charge in [-0.25, -0.2) is 9.97 Å². The van der Waals surface area contributed by atoms with Gasteiger partial charge in [-0.15, -0.1) is 0 Å². The fourth-order valence-corrected chi connectivity index (χ4v) is 3.46. The van der Waals surface area contributed by atoms with Crippen LogP contribution in [0.2, 0.25) is 0 Å². The van der Waals surface area contributed by atoms with E-state index in [-0.39, 0.29) is 5.75 Å². The number of benzene rings is 2. The number of unbranched alkanes of at least 4 members (excludes halogenated alkanes) is 2. The molecule has 0 aliphatic heterocycles. The van der Waals surface area contributed by atoms with Crippen molar-refractivity contribution in [1.29, 1.82) is 0 Å². The summed E-state index contributed by atoms with van der Waals surface area (Å²) in [6.07, 6.45) is 5.96. The summed E-state index contributed by atoms with van der Waals surface area (Å²) in [5.74, 6) is 0.908. The molecule has 0 saturated heterocycles. The molecule has 0 atom stereocenters. The van der Waals surface area contributed by atoms with Crippen molar-refractivity contribution >= 4 is 17.0 Å². The normalized spacial score (nSPS) is 11.2. The molecule has 7 heteroatoms. The fourth-order valence-electron chi connectivity index (χ4n) is 3.46. The van der Waals surface area contributed by atoms with Gasteiger partial charge >= 0.3 is 0 Å². The molecule has 0 fully saturated rings. The maximum atomic E-state index is 11.1. The number of hydrogen-bond donors (Lipinski definition) is 3. The Bertz CT molecular complexity index is 1180. The van der Waals surface area contributed by atoms with Gasteiger partial charge in [0.05, 0.1) is 6.20 Å². The number of fused-ring (bicyclic) bond motifs is 1. The molecule has 4 rings (SSSR count). The highest BCUT2D eigenvalue weighted by Crippen LogP contribution is 2.32. The Morgan fingerprint density at radius 2 is 1.87 bits per heavy atom. The summed E-state index contributed by atoms with van der Waals surface area (Å²) in [5.41, 5.74) is 9.79. The summed E-state index contributed by atoms with van der Waals surface area (Å²) in [4.78, 5) is 22.7. The number of nitrogens with one attached hydrogen (secondary N) is 1. The number of phenols is 1. The van der Waals surface area contributed by atoms with Gasteiger partial charge < -0.3 is 20.2 Å². The number of amides is 1. The van der Waals surface area contributed by atoms with E-state index in [4.69, 9.17) is 10.2 Å². The van der Waals surface area contributed by atoms with Gasteiger partial charge in [0.2, 0.25) is 5.89 Å². The third-order valence-electron chi connectivity index (χ3n) is 5.16. The molecule has 0 radical (unpaired) electrons. The first-order chi connectivity index (χ1) is 14.5. The standard InChI is InChI=1S/C23H24N4O3/c1-14-7-9-16(10-8-14)23-27-20-18(28)12-11-15(21(20)30-23)5-3-2-4-6-19-25-13-17(26-19)22(24)29/h7-13,28H,2-6H2,1H3,(H2,24,29)(H,25,26). The minimum absolute atomic E-state index is 0.124. The molecule has 0 aliphatic carbocycles. The predicted octanol–water partition coefficient (Wildman–Crippen LogP) is 4.29. The van der Waals surface area contributed by atoms with Crippen LogP contribution < -0.4 is 5.73 Å². The van der Waals surface area contributed by atoms with E-state index in [9.17, 15) is 9.90 Å². The molecule has 0 aliphatic rings. The number of aromatic amines is 1. The number of phenolic OH excluding ortho intramolecular Hbond substituents is 1. The highest BCUT2D eigenvalue weighted by Gasteiger charge is 2.15. The van der Waals surface area contributed by atoms with E-state index in [1.807, 2.05) is 37.3 Å². The lowest BCUT2D eigenvalue weighted by molar-refractivity contribution is 0.0996. The van der Waals surface area contributed by atoms with Gasteiger partial charge in [0.15, 0.2) is 11.1 Å². The molecule has 0 saturated carbocycles. The molecular weight excluding hydrogens is 380 g/mol. The van der Waals surface area contributed by atoms with Crippen molar-refractivity contribution in [3.05, 3.63) is 65.2 Å². The van der Waals surface area contributed by atoms with Crippen LogP contribution in [-0.2, 0) is 12.8 Å². The van der Waals surface area contributed by atoms with Crippen LogP contribution in [0.4, 0.5) is 0 Å². The number of nitrogens with two attached hydrogens (primary N) is 1. The predicted molar refractivity (Wildman–Crippen MR) is 114 cm³/mol. The number of aromatic hydroxyl groups is 1. The average molecular weight is 404 g/mol. The minimum atomic E-state index is -0.498. The number of hydrogen-bond acceptors (Lipinski definition) is 5. The van der Waals surface area contributed by atoms with Gasteiger partial charge in [0, 0.05) is 12.0 Å². The first-order valence-corrected chi connectivity index (χ1v) is 10.0. The number of nitrogens with zero attached hydrogens (tertiary/aromatic N) is 2. The average Bonchev–Trinajstić information content (AvgIpc) is 3.38. The Morgan fingerprint density at radius 1 is 1.10 bits per heavy atom. The van der Waals surface area contributed by atoms with E-state index in [0.29, 0.717) is 22.7 Å². The van der Waals surface area contributed by atoms with Crippen LogP contribution in [0, 0.1) is 6.92 Å². The second kappa shape index (κ2) is 8.41. The number of primary amides is 1. The Morgan fingerprint density at radius 3 is 2.60 bits per heavy atom. The molecule has 4 N–H and O–H groups in total. The van der Waals surface area contributed by atoms with E-state index < -0.39 is 5.91 Å². The summed E-state index contributed by atoms with van der Waals surface area (Å²) >= 11 is 0. The van der Waals surface area contributed by atoms with E-state index in [0.717, 1.165) is 49.1 Å². The summed E-state index contributed by atoms with van der Waals surface area (Å²) in [7, 11) is 0. The number of imidazole rings is 1. The number of carbonyl (C=O) groups excluding carboxylic acids is 1. The van der Waals surface area contributed by atoms with Crippen LogP contribution >= 0.6 is 0 Å². The van der Waals surface area contributed by atoms with Gasteiger partial charge in [0.25, 0.3) is 5.91 Å². The second-order valence-electron chi connectivity index (χ2n) is 7.48. The molecule has 4 aromatic rings. The third kappa shape index (κ3) is 4.20. The molecular formula is C23H24N4O3. The molecule has 0 spiro atoms. The highest BCUT2D eigenvalue weighted by molar-refractivity contribution is 5.90. The van der Waals surface area contributed by atoms with Crippen molar-refractivity contribution in [1.82, 2.24) is 15.0 Å². The summed E-state index contributed by atoms with van der Waals surface area (Å²) < 4.78 is 6.03. The zero-order chi connectivity index (χ0) is 21.1. The van der Waals surface area contributed by atoms with Crippen LogP contribution in [-0.4, -0.2) is 26.0 Å². The summed E-state index contributed by atoms with van der Waals surface area (Å²) in [6.45, 7) is 2.03. The molecule has 1 amide bonds. The van der Waals surface area contributed by atoms with E-state index in [2.05, 4.69) is 15.0 Å². The zero-order valence-corrected chi connectivity index (χ0v) is 16.8. The monoisotopic (exact) mass is 404 g/mol. The quantitative estimate of drug-likeness (QED) is 0.379. The Kier molecular flexibility index (Phi) is 5.52. The van der Waals surface area contributed by atoms with Gasteiger partial charge in [-0.2, -0.15) is 0 Å². The lowest BCUT2D eigenvalue weighted by atomic mass is 10.0. The van der Waals surface area contributed by atoms with Gasteiger partial charge in [-0.05, 0) is 49.9 Å². The number of oxazole rings is 1. The smallest absolute Gasteiger partial charge is 0.266 e. The largest absolute Gasteiger partial charge is 0.506 e. The van der Waals surface area contributed by atoms with Crippen molar-refractivity contribution < 1.29 is 14.3 Å². The Hall–Kier alpha value is -3.61. The molecule has 30 heavy (non-hydrogen) atoms. The maximum Gasteiger partial charge on any atom is 0.266 e. The SMILES string of the molecule is Cc1ccc(-c2nc3c(O)ccc(CCCCCc4ncc(C(N)=O)[nH]4)c3o2)cc1. The van der Waals surface area contributed by atoms with Crippen LogP contribution in [0.15, 0.2) is 47.0 Å². The fraction of sp³-hybridized carbons (Fsp3) is 0.261. The third-order valence-corrected chi connectivity index (χ3v) is 5.16. The summed E-state index contributed by atoms with van der Waals surface area (Å²) in [5, 5.41) is 10.2. The molecule has 0 bridgehead atoms. The lowest BCUT2D eigenvalue weighted by Crippen LogP contribution is -2.11. The number of carbonyl (C=O) groups is 1. The minimum Gasteiger partial charge on any atom is -0.506 e. The van der Waals surface area contributed by atoms with Gasteiger partial charge in [-0.3, -0.25) is 4.79 Å². The maximum absolute atomic E-state index is 11.1.